The Morgan fingerprint density at radius 1 is 1.31 bits per heavy atom. The van der Waals surface area contributed by atoms with Crippen LogP contribution in [0.15, 0.2) is 24.3 Å². The number of benzene rings is 1. The summed E-state index contributed by atoms with van der Waals surface area (Å²) in [6.07, 6.45) is 0. The van der Waals surface area contributed by atoms with Crippen molar-refractivity contribution in [2.75, 3.05) is 6.61 Å². The van der Waals surface area contributed by atoms with Crippen molar-refractivity contribution in [2.24, 2.45) is 5.92 Å². The minimum absolute atomic E-state index is 0.0373. The van der Waals surface area contributed by atoms with Crippen molar-refractivity contribution < 1.29 is 9.50 Å². The highest BCUT2D eigenvalue weighted by atomic mass is 19.1. The van der Waals surface area contributed by atoms with Gasteiger partial charge in [-0.25, -0.2) is 4.39 Å². The Labute approximate surface area is 96.5 Å². The van der Waals surface area contributed by atoms with Gasteiger partial charge in [-0.15, -0.1) is 0 Å². The molecule has 0 aromatic heterocycles. The molecule has 2 nitrogen and oxygen atoms in total. The molecule has 1 aromatic carbocycles. The fourth-order valence-electron chi connectivity index (χ4n) is 1.65. The quantitative estimate of drug-likeness (QED) is 0.807. The lowest BCUT2D eigenvalue weighted by Crippen LogP contribution is -2.38. The second-order valence-electron chi connectivity index (χ2n) is 4.48. The first-order valence-corrected chi connectivity index (χ1v) is 5.67. The summed E-state index contributed by atoms with van der Waals surface area (Å²) in [6, 6.07) is 6.62. The van der Waals surface area contributed by atoms with Crippen LogP contribution in [0.2, 0.25) is 0 Å². The van der Waals surface area contributed by atoms with Gasteiger partial charge in [-0.2, -0.15) is 0 Å². The lowest BCUT2D eigenvalue weighted by molar-refractivity contribution is 0.201. The molecular formula is C13H20FNO. The molecule has 0 amide bonds. The summed E-state index contributed by atoms with van der Waals surface area (Å²) in [5.41, 5.74) is 0.902. The second kappa shape index (κ2) is 5.97. The summed E-state index contributed by atoms with van der Waals surface area (Å²) in [7, 11) is 0. The van der Waals surface area contributed by atoms with Gasteiger partial charge in [0.2, 0.25) is 0 Å². The smallest absolute Gasteiger partial charge is 0.123 e. The molecule has 0 radical (unpaired) electrons. The molecule has 1 rings (SSSR count). The van der Waals surface area contributed by atoms with Crippen LogP contribution in [0.4, 0.5) is 4.39 Å². The first kappa shape index (κ1) is 13.1. The largest absolute Gasteiger partial charge is 0.395 e. The van der Waals surface area contributed by atoms with Crippen LogP contribution in [0.1, 0.15) is 32.4 Å². The van der Waals surface area contributed by atoms with Gasteiger partial charge in [0.15, 0.2) is 0 Å². The number of nitrogens with one attached hydrogen (secondary N) is 1. The molecule has 0 heterocycles. The maximum absolute atomic E-state index is 13.0. The number of aliphatic hydroxyl groups excluding tert-OH is 1. The van der Waals surface area contributed by atoms with Crippen molar-refractivity contribution in [1.82, 2.24) is 5.32 Å². The SMILES string of the molecule is CC(N[C@H](CO)C(C)C)c1cccc(F)c1. The van der Waals surface area contributed by atoms with Crippen LogP contribution in [0.25, 0.3) is 0 Å². The number of hydrogen-bond acceptors (Lipinski definition) is 2. The molecule has 3 heteroatoms. The molecule has 2 N–H and O–H groups in total. The van der Waals surface area contributed by atoms with Gasteiger partial charge in [-0.1, -0.05) is 26.0 Å². The predicted octanol–water partition coefficient (Wildman–Crippen LogP) is 2.49. The molecule has 2 atom stereocenters. The van der Waals surface area contributed by atoms with Crippen LogP contribution in [0.5, 0.6) is 0 Å². The summed E-state index contributed by atoms with van der Waals surface area (Å²) in [6.45, 7) is 6.16. The van der Waals surface area contributed by atoms with Crippen molar-refractivity contribution in [2.45, 2.75) is 32.9 Å². The first-order valence-electron chi connectivity index (χ1n) is 5.67. The van der Waals surface area contributed by atoms with E-state index in [4.69, 9.17) is 0 Å². The lowest BCUT2D eigenvalue weighted by Gasteiger charge is -2.25. The maximum atomic E-state index is 13.0. The summed E-state index contributed by atoms with van der Waals surface area (Å²) in [5, 5.41) is 12.5. The van der Waals surface area contributed by atoms with E-state index in [1.54, 1.807) is 6.07 Å². The molecule has 0 aliphatic rings. The average Bonchev–Trinajstić information content (AvgIpc) is 2.25. The predicted molar refractivity (Wildman–Crippen MR) is 63.7 cm³/mol. The molecule has 0 spiro atoms. The van der Waals surface area contributed by atoms with E-state index in [0.717, 1.165) is 5.56 Å². The van der Waals surface area contributed by atoms with E-state index in [0.29, 0.717) is 5.92 Å². The maximum Gasteiger partial charge on any atom is 0.123 e. The first-order chi connectivity index (χ1) is 7.54. The van der Waals surface area contributed by atoms with Gasteiger partial charge in [0.25, 0.3) is 0 Å². The van der Waals surface area contributed by atoms with Crippen molar-refractivity contribution in [3.05, 3.63) is 35.6 Å². The Morgan fingerprint density at radius 2 is 2.00 bits per heavy atom. The number of hydrogen-bond donors (Lipinski definition) is 2. The summed E-state index contributed by atoms with van der Waals surface area (Å²) < 4.78 is 13.0. The van der Waals surface area contributed by atoms with Gasteiger partial charge in [0, 0.05) is 12.1 Å². The van der Waals surface area contributed by atoms with Gasteiger partial charge in [-0.3, -0.25) is 0 Å². The summed E-state index contributed by atoms with van der Waals surface area (Å²) in [5.74, 6) is 0.122. The molecule has 1 aromatic rings. The Hall–Kier alpha value is -0.930. The van der Waals surface area contributed by atoms with Gasteiger partial charge >= 0.3 is 0 Å². The summed E-state index contributed by atoms with van der Waals surface area (Å²) in [4.78, 5) is 0. The molecule has 0 fully saturated rings. The molecule has 16 heavy (non-hydrogen) atoms. The van der Waals surface area contributed by atoms with E-state index in [2.05, 4.69) is 5.32 Å². The molecule has 0 aliphatic carbocycles. The Balaban J connectivity index is 2.67. The molecule has 0 aliphatic heterocycles. The minimum Gasteiger partial charge on any atom is -0.395 e. The zero-order valence-electron chi connectivity index (χ0n) is 10.1. The van der Waals surface area contributed by atoms with E-state index < -0.39 is 0 Å². The van der Waals surface area contributed by atoms with Crippen LogP contribution >= 0.6 is 0 Å². The highest BCUT2D eigenvalue weighted by Gasteiger charge is 2.15. The Morgan fingerprint density at radius 3 is 2.50 bits per heavy atom. The molecule has 0 saturated heterocycles. The molecule has 0 bridgehead atoms. The van der Waals surface area contributed by atoms with Crippen LogP contribution in [0, 0.1) is 11.7 Å². The van der Waals surface area contributed by atoms with Crippen LogP contribution in [0.3, 0.4) is 0 Å². The monoisotopic (exact) mass is 225 g/mol. The standard InChI is InChI=1S/C13H20FNO/c1-9(2)13(8-16)15-10(3)11-5-4-6-12(14)7-11/h4-7,9-10,13,15-16H,8H2,1-3H3/t10?,13-/m1/s1. The van der Waals surface area contributed by atoms with Gasteiger partial charge in [0.1, 0.15) is 5.82 Å². The normalized spacial score (nSPS) is 15.1. The van der Waals surface area contributed by atoms with E-state index >= 15 is 0 Å². The van der Waals surface area contributed by atoms with Crippen LogP contribution < -0.4 is 5.32 Å². The number of halogens is 1. The third-order valence-corrected chi connectivity index (χ3v) is 2.81. The van der Waals surface area contributed by atoms with Crippen LogP contribution in [-0.4, -0.2) is 17.8 Å². The third kappa shape index (κ3) is 3.58. The van der Waals surface area contributed by atoms with Crippen LogP contribution in [-0.2, 0) is 0 Å². The third-order valence-electron chi connectivity index (χ3n) is 2.81. The van der Waals surface area contributed by atoms with Crippen molar-refractivity contribution in [3.63, 3.8) is 0 Å². The Kier molecular flexibility index (Phi) is 4.90. The molecule has 0 saturated carbocycles. The summed E-state index contributed by atoms with van der Waals surface area (Å²) >= 11 is 0. The number of aliphatic hydroxyl groups is 1. The Bertz CT molecular complexity index is 327. The average molecular weight is 225 g/mol. The van der Waals surface area contributed by atoms with Gasteiger partial charge < -0.3 is 10.4 Å². The van der Waals surface area contributed by atoms with Crippen molar-refractivity contribution in [1.29, 1.82) is 0 Å². The van der Waals surface area contributed by atoms with Gasteiger partial charge in [-0.05, 0) is 30.5 Å². The molecular weight excluding hydrogens is 205 g/mol. The van der Waals surface area contributed by atoms with E-state index in [9.17, 15) is 9.50 Å². The molecule has 90 valence electrons. The zero-order chi connectivity index (χ0) is 12.1. The lowest BCUT2D eigenvalue weighted by atomic mass is 10.0. The van der Waals surface area contributed by atoms with Crippen molar-refractivity contribution >= 4 is 0 Å². The molecule has 1 unspecified atom stereocenters. The highest BCUT2D eigenvalue weighted by molar-refractivity contribution is 5.19. The number of rotatable bonds is 5. The van der Waals surface area contributed by atoms with E-state index in [-0.39, 0.29) is 24.5 Å². The fraction of sp³-hybridized carbons (Fsp3) is 0.538. The second-order valence-corrected chi connectivity index (χ2v) is 4.48. The van der Waals surface area contributed by atoms with E-state index in [1.165, 1.54) is 12.1 Å². The van der Waals surface area contributed by atoms with Gasteiger partial charge in [0.05, 0.1) is 6.61 Å². The minimum atomic E-state index is -0.226. The zero-order valence-corrected chi connectivity index (χ0v) is 10.1. The topological polar surface area (TPSA) is 32.3 Å². The fourth-order valence-corrected chi connectivity index (χ4v) is 1.65. The highest BCUT2D eigenvalue weighted by Crippen LogP contribution is 2.15. The van der Waals surface area contributed by atoms with Crippen molar-refractivity contribution in [3.8, 4) is 0 Å². The van der Waals surface area contributed by atoms with E-state index in [1.807, 2.05) is 26.8 Å².